The Hall–Kier alpha value is -4.68. The number of hydrogen-bond acceptors (Lipinski definition) is 0. The number of allylic oxidation sites excluding steroid dienone is 7. The van der Waals surface area contributed by atoms with Crippen LogP contribution in [0.3, 0.4) is 0 Å². The smallest absolute Gasteiger partial charge is 0.00822 e. The molecule has 0 aliphatic heterocycles. The van der Waals surface area contributed by atoms with Gasteiger partial charge in [0.25, 0.3) is 0 Å². The first-order chi connectivity index (χ1) is 18.7. The maximum Gasteiger partial charge on any atom is -0.00822 e. The Kier molecular flexibility index (Phi) is 7.92. The van der Waals surface area contributed by atoms with Crippen LogP contribution in [-0.2, 0) is 0 Å². The van der Waals surface area contributed by atoms with E-state index >= 15 is 0 Å². The maximum absolute atomic E-state index is 4.67. The molecule has 4 aromatic carbocycles. The van der Waals surface area contributed by atoms with Crippen LogP contribution < -0.4 is 10.4 Å². The van der Waals surface area contributed by atoms with Gasteiger partial charge < -0.3 is 0 Å². The van der Waals surface area contributed by atoms with Crippen LogP contribution in [0.1, 0.15) is 24.0 Å². The standard InChI is InChI=1S/C38H32/c1-29(27-28-31-17-7-5-8-18-31)33-21-11-3-4-12-22-35(38-26-16-15-25-37(33)38)30(2)34-23-13-14-24-36(34)32-19-9-6-10-20-32/h3-20,23-28H,1-2,21-22H2. The Morgan fingerprint density at radius 1 is 0.579 bits per heavy atom. The second-order valence-corrected chi connectivity index (χ2v) is 9.43. The number of fused-ring (bicyclic) bond motifs is 1. The van der Waals surface area contributed by atoms with E-state index in [0.717, 1.165) is 29.6 Å². The highest BCUT2D eigenvalue weighted by Crippen LogP contribution is 2.33. The molecule has 0 heteroatoms. The van der Waals surface area contributed by atoms with Crippen molar-refractivity contribution in [2.45, 2.75) is 12.8 Å². The molecule has 0 N–H and O–H groups in total. The van der Waals surface area contributed by atoms with Crippen LogP contribution >= 0.6 is 0 Å². The lowest BCUT2D eigenvalue weighted by Gasteiger charge is -2.16. The summed E-state index contributed by atoms with van der Waals surface area (Å²) in [5.41, 5.74) is 9.24. The molecule has 38 heavy (non-hydrogen) atoms. The molecule has 4 aromatic rings. The molecule has 0 atom stereocenters. The van der Waals surface area contributed by atoms with Gasteiger partial charge in [-0.15, -0.1) is 0 Å². The third-order valence-corrected chi connectivity index (χ3v) is 6.97. The molecular formula is C38H32. The Labute approximate surface area is 226 Å². The minimum atomic E-state index is 0.795. The fourth-order valence-corrected chi connectivity index (χ4v) is 4.99. The van der Waals surface area contributed by atoms with Gasteiger partial charge in [0.15, 0.2) is 0 Å². The SMILES string of the molecule is C=C(C=Cc1ccccc1)C1=c2ccccc2=C(C(=C)c2ccccc2-c2ccccc2)CC=CC=CC1. The fraction of sp³-hybridized carbons (Fsp3) is 0.0526. The molecule has 1 aliphatic rings. The lowest BCUT2D eigenvalue weighted by atomic mass is 9.87. The van der Waals surface area contributed by atoms with Crippen molar-refractivity contribution >= 4 is 22.8 Å². The highest BCUT2D eigenvalue weighted by Gasteiger charge is 2.13. The molecule has 0 amide bonds. The average Bonchev–Trinajstić information content (AvgIpc) is 2.98. The molecule has 0 heterocycles. The molecule has 0 unspecified atom stereocenters. The molecule has 1 aliphatic carbocycles. The van der Waals surface area contributed by atoms with Crippen molar-refractivity contribution < 1.29 is 0 Å². The molecule has 0 saturated carbocycles. The molecule has 0 spiro atoms. The predicted octanol–water partition coefficient (Wildman–Crippen LogP) is 8.54. The second-order valence-electron chi connectivity index (χ2n) is 9.43. The molecule has 5 rings (SSSR count). The van der Waals surface area contributed by atoms with E-state index in [1.54, 1.807) is 0 Å². The summed E-state index contributed by atoms with van der Waals surface area (Å²) in [6.07, 6.45) is 14.6. The third kappa shape index (κ3) is 5.66. The molecule has 0 saturated heterocycles. The van der Waals surface area contributed by atoms with E-state index in [1.165, 1.54) is 38.3 Å². The number of rotatable bonds is 6. The summed E-state index contributed by atoms with van der Waals surface area (Å²) < 4.78 is 0. The normalized spacial score (nSPS) is 13.4. The summed E-state index contributed by atoms with van der Waals surface area (Å²) in [5.74, 6) is 0. The molecular weight excluding hydrogens is 456 g/mol. The van der Waals surface area contributed by atoms with Crippen LogP contribution in [-0.4, -0.2) is 0 Å². The Morgan fingerprint density at radius 2 is 1.13 bits per heavy atom. The van der Waals surface area contributed by atoms with E-state index in [9.17, 15) is 0 Å². The van der Waals surface area contributed by atoms with Gasteiger partial charge in [-0.3, -0.25) is 0 Å². The third-order valence-electron chi connectivity index (χ3n) is 6.97. The van der Waals surface area contributed by atoms with Crippen molar-refractivity contribution in [3.63, 3.8) is 0 Å². The molecule has 0 aromatic heterocycles. The van der Waals surface area contributed by atoms with Crippen LogP contribution in [0, 0.1) is 0 Å². The summed E-state index contributed by atoms with van der Waals surface area (Å²) in [6, 6.07) is 38.2. The van der Waals surface area contributed by atoms with E-state index in [-0.39, 0.29) is 0 Å². The first-order valence-electron chi connectivity index (χ1n) is 13.1. The number of benzene rings is 4. The monoisotopic (exact) mass is 488 g/mol. The van der Waals surface area contributed by atoms with Gasteiger partial charge in [-0.05, 0) is 67.8 Å². The fourth-order valence-electron chi connectivity index (χ4n) is 4.99. The summed E-state index contributed by atoms with van der Waals surface area (Å²) in [5, 5.41) is 2.42. The van der Waals surface area contributed by atoms with E-state index in [1.807, 2.05) is 6.07 Å². The molecule has 0 fully saturated rings. The Balaban J connectivity index is 1.70. The molecule has 184 valence electrons. The predicted molar refractivity (Wildman–Crippen MR) is 166 cm³/mol. The van der Waals surface area contributed by atoms with Crippen LogP contribution in [0.25, 0.3) is 33.9 Å². The zero-order chi connectivity index (χ0) is 26.2. The van der Waals surface area contributed by atoms with Gasteiger partial charge in [-0.2, -0.15) is 0 Å². The van der Waals surface area contributed by atoms with E-state index in [2.05, 4.69) is 153 Å². The van der Waals surface area contributed by atoms with Gasteiger partial charge in [0.2, 0.25) is 0 Å². The largest absolute Gasteiger partial charge is 0.0915 e. The Bertz CT molecular complexity index is 1660. The van der Waals surface area contributed by atoms with Crippen molar-refractivity contribution in [2.75, 3.05) is 0 Å². The summed E-state index contributed by atoms with van der Waals surface area (Å²) >= 11 is 0. The van der Waals surface area contributed by atoms with Crippen LogP contribution in [0.5, 0.6) is 0 Å². The second kappa shape index (κ2) is 12.0. The highest BCUT2D eigenvalue weighted by molar-refractivity contribution is 6.01. The summed E-state index contributed by atoms with van der Waals surface area (Å²) in [7, 11) is 0. The Morgan fingerprint density at radius 3 is 1.84 bits per heavy atom. The van der Waals surface area contributed by atoms with Gasteiger partial charge in [0.05, 0.1) is 0 Å². The minimum absolute atomic E-state index is 0.795. The lowest BCUT2D eigenvalue weighted by Crippen LogP contribution is -2.29. The van der Waals surface area contributed by atoms with Crippen molar-refractivity contribution in [1.82, 2.24) is 0 Å². The maximum atomic E-state index is 4.67. The zero-order valence-corrected chi connectivity index (χ0v) is 21.7. The van der Waals surface area contributed by atoms with E-state index < -0.39 is 0 Å². The van der Waals surface area contributed by atoms with Crippen LogP contribution in [0.15, 0.2) is 158 Å². The van der Waals surface area contributed by atoms with Crippen molar-refractivity contribution in [3.8, 4) is 11.1 Å². The van der Waals surface area contributed by atoms with Gasteiger partial charge in [-0.25, -0.2) is 0 Å². The van der Waals surface area contributed by atoms with Crippen molar-refractivity contribution in [3.05, 3.63) is 180 Å². The lowest BCUT2D eigenvalue weighted by molar-refractivity contribution is 1.30. The topological polar surface area (TPSA) is 0 Å². The zero-order valence-electron chi connectivity index (χ0n) is 21.7. The van der Waals surface area contributed by atoms with Gasteiger partial charge in [-0.1, -0.05) is 159 Å². The average molecular weight is 489 g/mol. The molecule has 0 bridgehead atoms. The van der Waals surface area contributed by atoms with Crippen LogP contribution in [0.4, 0.5) is 0 Å². The van der Waals surface area contributed by atoms with Crippen LogP contribution in [0.2, 0.25) is 0 Å². The quantitative estimate of drug-likeness (QED) is 0.239. The first kappa shape index (κ1) is 25.0. The minimum Gasteiger partial charge on any atom is -0.0915 e. The molecule has 0 nitrogen and oxygen atoms in total. The van der Waals surface area contributed by atoms with Gasteiger partial charge in [0.1, 0.15) is 0 Å². The van der Waals surface area contributed by atoms with Crippen molar-refractivity contribution in [2.24, 2.45) is 0 Å². The summed E-state index contributed by atoms with van der Waals surface area (Å²) in [4.78, 5) is 0. The molecule has 0 radical (unpaired) electrons. The van der Waals surface area contributed by atoms with E-state index in [0.29, 0.717) is 0 Å². The van der Waals surface area contributed by atoms with E-state index in [4.69, 9.17) is 0 Å². The number of hydrogen-bond donors (Lipinski definition) is 0. The summed E-state index contributed by atoms with van der Waals surface area (Å²) in [6.45, 7) is 9.16. The first-order valence-corrected chi connectivity index (χ1v) is 13.1. The van der Waals surface area contributed by atoms with Gasteiger partial charge >= 0.3 is 0 Å². The highest BCUT2D eigenvalue weighted by atomic mass is 14.2. The van der Waals surface area contributed by atoms with Crippen molar-refractivity contribution in [1.29, 1.82) is 0 Å². The van der Waals surface area contributed by atoms with Gasteiger partial charge in [0, 0.05) is 0 Å².